The highest BCUT2D eigenvalue weighted by atomic mass is 28.3. The van der Waals surface area contributed by atoms with Gasteiger partial charge in [-0.1, -0.05) is 54.2 Å². The molecule has 1 rings (SSSR count). The molecule has 0 bridgehead atoms. The number of hydrogen-bond acceptors (Lipinski definition) is 3. The van der Waals surface area contributed by atoms with Crippen LogP contribution in [0.1, 0.15) is 18.1 Å². The molecule has 1 aromatic carbocycles. The minimum atomic E-state index is -1.34. The van der Waals surface area contributed by atoms with E-state index in [1.54, 1.807) is 0 Å². The summed E-state index contributed by atoms with van der Waals surface area (Å²) in [5, 5.41) is 24.5. The lowest BCUT2D eigenvalue weighted by molar-refractivity contribution is 0.0150. The molecule has 2 atom stereocenters. The molecule has 0 saturated heterocycles. The number of hydrogen-bond donors (Lipinski definition) is 2. The van der Waals surface area contributed by atoms with Crippen LogP contribution < -0.4 is 5.19 Å². The average molecular weight is 279 g/mol. The van der Waals surface area contributed by atoms with Crippen LogP contribution in [0.2, 0.25) is 19.6 Å². The van der Waals surface area contributed by atoms with Crippen molar-refractivity contribution in [1.29, 1.82) is 0 Å². The fourth-order valence-electron chi connectivity index (χ4n) is 1.80. The Kier molecular flexibility index (Phi) is 5.56. The Balaban J connectivity index is 2.72. The second kappa shape index (κ2) is 6.72. The first-order valence-corrected chi connectivity index (χ1v) is 9.83. The Morgan fingerprint density at radius 3 is 2.26 bits per heavy atom. The summed E-state index contributed by atoms with van der Waals surface area (Å²) in [6.07, 6.45) is -1.60. The molecule has 0 radical (unpaired) electrons. The van der Waals surface area contributed by atoms with Crippen LogP contribution in [0.15, 0.2) is 29.4 Å². The molecule has 0 aliphatic heterocycles. The van der Waals surface area contributed by atoms with E-state index in [2.05, 4.69) is 29.7 Å². The number of rotatable bonds is 6. The Morgan fingerprint density at radius 1 is 1.21 bits per heavy atom. The third kappa shape index (κ3) is 4.68. The van der Waals surface area contributed by atoms with Crippen molar-refractivity contribution in [2.75, 3.05) is 6.54 Å². The summed E-state index contributed by atoms with van der Waals surface area (Å²) in [7, 11) is -1.34. The van der Waals surface area contributed by atoms with Gasteiger partial charge in [0.1, 0.15) is 6.10 Å². The first-order chi connectivity index (χ1) is 8.86. The monoisotopic (exact) mass is 279 g/mol. The molecular weight excluding hydrogens is 258 g/mol. The molecule has 0 aliphatic carbocycles. The lowest BCUT2D eigenvalue weighted by Gasteiger charge is -2.20. The average Bonchev–Trinajstić information content (AvgIpc) is 2.37. The number of azide groups is 1. The molecule has 2 N–H and O–H groups in total. The van der Waals surface area contributed by atoms with Gasteiger partial charge in [-0.3, -0.25) is 0 Å². The van der Waals surface area contributed by atoms with E-state index in [1.807, 2.05) is 24.3 Å². The van der Waals surface area contributed by atoms with Gasteiger partial charge in [0.25, 0.3) is 0 Å². The van der Waals surface area contributed by atoms with E-state index in [4.69, 9.17) is 5.53 Å². The van der Waals surface area contributed by atoms with Gasteiger partial charge >= 0.3 is 0 Å². The molecule has 0 aliphatic rings. The maximum atomic E-state index is 10.0. The van der Waals surface area contributed by atoms with Crippen molar-refractivity contribution < 1.29 is 10.2 Å². The van der Waals surface area contributed by atoms with Crippen molar-refractivity contribution in [2.24, 2.45) is 5.11 Å². The highest BCUT2D eigenvalue weighted by Gasteiger charge is 2.20. The fourth-order valence-corrected chi connectivity index (χ4v) is 2.96. The molecule has 0 aromatic heterocycles. The van der Waals surface area contributed by atoms with Gasteiger partial charge in [-0.05, 0) is 17.5 Å². The van der Waals surface area contributed by atoms with Crippen molar-refractivity contribution in [2.45, 2.75) is 38.3 Å². The summed E-state index contributed by atoms with van der Waals surface area (Å²) in [6.45, 7) is 6.95. The molecule has 1 aromatic rings. The zero-order chi connectivity index (χ0) is 14.5. The molecule has 19 heavy (non-hydrogen) atoms. The molecule has 104 valence electrons. The molecule has 5 nitrogen and oxygen atoms in total. The van der Waals surface area contributed by atoms with Gasteiger partial charge < -0.3 is 10.2 Å². The van der Waals surface area contributed by atoms with Crippen LogP contribution in [0.25, 0.3) is 10.4 Å². The summed E-state index contributed by atoms with van der Waals surface area (Å²) in [5.41, 5.74) is 8.85. The van der Waals surface area contributed by atoms with Crippen LogP contribution in [-0.4, -0.2) is 30.9 Å². The van der Waals surface area contributed by atoms with Crippen molar-refractivity contribution >= 4 is 13.3 Å². The largest absolute Gasteiger partial charge is 0.390 e. The van der Waals surface area contributed by atoms with Crippen LogP contribution in [0.4, 0.5) is 0 Å². The third-order valence-electron chi connectivity index (χ3n) is 3.07. The zero-order valence-corrected chi connectivity index (χ0v) is 12.6. The zero-order valence-electron chi connectivity index (χ0n) is 11.6. The molecule has 0 spiro atoms. The van der Waals surface area contributed by atoms with Crippen molar-refractivity contribution in [3.8, 4) is 0 Å². The smallest absolute Gasteiger partial charge is 0.105 e. The van der Waals surface area contributed by atoms with Gasteiger partial charge in [0.2, 0.25) is 0 Å². The lowest BCUT2D eigenvalue weighted by atomic mass is 10.0. The van der Waals surface area contributed by atoms with E-state index >= 15 is 0 Å². The first-order valence-electron chi connectivity index (χ1n) is 6.33. The Hall–Kier alpha value is -1.33. The standard InChI is InChI=1S/C13H21N3O2Si/c1-19(2,3)11-6-4-10(5-7-11)13(18)12(17)8-9-15-16-14/h4-7,12-13,17-18H,8-9H2,1-3H3. The van der Waals surface area contributed by atoms with Crippen molar-refractivity contribution in [3.63, 3.8) is 0 Å². The predicted molar refractivity (Wildman–Crippen MR) is 79.0 cm³/mol. The quantitative estimate of drug-likeness (QED) is 0.362. The minimum absolute atomic E-state index is 0.182. The van der Waals surface area contributed by atoms with Crippen LogP contribution in [0, 0.1) is 0 Å². The van der Waals surface area contributed by atoms with Gasteiger partial charge in [-0.15, -0.1) is 0 Å². The number of aliphatic hydroxyl groups excluding tert-OH is 2. The van der Waals surface area contributed by atoms with Crippen molar-refractivity contribution in [3.05, 3.63) is 40.3 Å². The van der Waals surface area contributed by atoms with E-state index in [-0.39, 0.29) is 13.0 Å². The van der Waals surface area contributed by atoms with E-state index in [0.29, 0.717) is 5.56 Å². The van der Waals surface area contributed by atoms with E-state index < -0.39 is 20.3 Å². The van der Waals surface area contributed by atoms with Crippen LogP contribution in [0.5, 0.6) is 0 Å². The normalized spacial score (nSPS) is 14.6. The summed E-state index contributed by atoms with van der Waals surface area (Å²) in [6, 6.07) is 7.75. The molecule has 6 heteroatoms. The van der Waals surface area contributed by atoms with E-state index in [0.717, 1.165) is 0 Å². The van der Waals surface area contributed by atoms with E-state index in [9.17, 15) is 10.2 Å². The van der Waals surface area contributed by atoms with Gasteiger partial charge in [-0.25, -0.2) is 0 Å². The molecule has 0 amide bonds. The maximum absolute atomic E-state index is 10.0. The minimum Gasteiger partial charge on any atom is -0.390 e. The lowest BCUT2D eigenvalue weighted by Crippen LogP contribution is -2.37. The van der Waals surface area contributed by atoms with Gasteiger partial charge in [-0.2, -0.15) is 0 Å². The number of nitrogens with zero attached hydrogens (tertiary/aromatic N) is 3. The summed E-state index contributed by atoms with van der Waals surface area (Å²) >= 11 is 0. The second-order valence-corrected chi connectivity index (χ2v) is 10.7. The Labute approximate surface area is 114 Å². The van der Waals surface area contributed by atoms with Gasteiger partial charge in [0.05, 0.1) is 14.2 Å². The molecule has 2 unspecified atom stereocenters. The summed E-state index contributed by atoms with van der Waals surface area (Å²) in [4.78, 5) is 2.62. The molecular formula is C13H21N3O2Si. The van der Waals surface area contributed by atoms with E-state index in [1.165, 1.54) is 5.19 Å². The summed E-state index contributed by atoms with van der Waals surface area (Å²) in [5.74, 6) is 0. The topological polar surface area (TPSA) is 89.2 Å². The molecule has 0 saturated carbocycles. The number of aliphatic hydroxyl groups is 2. The number of benzene rings is 1. The third-order valence-corrected chi connectivity index (χ3v) is 5.14. The Morgan fingerprint density at radius 2 is 1.79 bits per heavy atom. The second-order valence-electron chi connectivity index (χ2n) is 5.63. The van der Waals surface area contributed by atoms with Crippen LogP contribution in [-0.2, 0) is 0 Å². The van der Waals surface area contributed by atoms with Crippen LogP contribution in [0.3, 0.4) is 0 Å². The Bertz CT molecular complexity index is 450. The highest BCUT2D eigenvalue weighted by molar-refractivity contribution is 6.88. The van der Waals surface area contributed by atoms with Gasteiger partial charge in [0.15, 0.2) is 0 Å². The summed E-state index contributed by atoms with van der Waals surface area (Å²) < 4.78 is 0. The van der Waals surface area contributed by atoms with Crippen molar-refractivity contribution in [1.82, 2.24) is 0 Å². The fraction of sp³-hybridized carbons (Fsp3) is 0.538. The van der Waals surface area contributed by atoms with Gasteiger partial charge in [0, 0.05) is 11.5 Å². The highest BCUT2D eigenvalue weighted by Crippen LogP contribution is 2.18. The van der Waals surface area contributed by atoms with Crippen LogP contribution >= 0.6 is 0 Å². The molecule has 0 fully saturated rings. The predicted octanol–water partition coefficient (Wildman–Crippen LogP) is 2.33. The first kappa shape index (κ1) is 15.7. The maximum Gasteiger partial charge on any atom is 0.105 e. The molecule has 0 heterocycles. The SMILES string of the molecule is C[Si](C)(C)c1ccc(C(O)C(O)CCN=[N+]=[N-])cc1.